The Kier molecular flexibility index (Phi) is 5.57. The molecule has 2 rings (SSSR count). The summed E-state index contributed by atoms with van der Waals surface area (Å²) in [6.07, 6.45) is 5.25. The average Bonchev–Trinajstić information content (AvgIpc) is 2.54. The van der Waals surface area contributed by atoms with Crippen molar-refractivity contribution in [3.63, 3.8) is 0 Å². The molecule has 1 atom stereocenters. The Morgan fingerprint density at radius 3 is 2.36 bits per heavy atom. The van der Waals surface area contributed by atoms with Gasteiger partial charge in [0.15, 0.2) is 0 Å². The van der Waals surface area contributed by atoms with Gasteiger partial charge in [0.25, 0.3) is 10.2 Å². The molecule has 0 amide bonds. The van der Waals surface area contributed by atoms with Gasteiger partial charge in [0.2, 0.25) is 0 Å². The van der Waals surface area contributed by atoms with Crippen molar-refractivity contribution in [3.8, 4) is 6.07 Å². The molecule has 0 radical (unpaired) electrons. The molecule has 1 N–H and O–H groups in total. The fourth-order valence-corrected chi connectivity index (χ4v) is 4.21. The summed E-state index contributed by atoms with van der Waals surface area (Å²) < 4.78 is 29.2. The molecule has 0 aliphatic heterocycles. The molecule has 0 unspecified atom stereocenters. The summed E-state index contributed by atoms with van der Waals surface area (Å²) in [4.78, 5) is 0. The fraction of sp³-hybridized carbons (Fsp3) is 0.562. The maximum atomic E-state index is 12.5. The molecule has 0 aromatic heterocycles. The van der Waals surface area contributed by atoms with Crippen LogP contribution in [-0.2, 0) is 10.2 Å². The minimum Gasteiger partial charge on any atom is -0.195 e. The van der Waals surface area contributed by atoms with Crippen LogP contribution in [0.5, 0.6) is 0 Å². The molecule has 1 aliphatic carbocycles. The van der Waals surface area contributed by atoms with Gasteiger partial charge in [-0.25, -0.2) is 0 Å². The summed E-state index contributed by atoms with van der Waals surface area (Å²) in [5, 5.41) is 8.80. The van der Waals surface area contributed by atoms with Gasteiger partial charge in [0, 0.05) is 19.1 Å². The van der Waals surface area contributed by atoms with Crippen LogP contribution in [-0.4, -0.2) is 25.8 Å². The molecule has 5 nitrogen and oxygen atoms in total. The Morgan fingerprint density at radius 2 is 1.82 bits per heavy atom. The largest absolute Gasteiger partial charge is 0.279 e. The summed E-state index contributed by atoms with van der Waals surface area (Å²) in [6.45, 7) is 1.81. The minimum absolute atomic E-state index is 0.0967. The van der Waals surface area contributed by atoms with E-state index >= 15 is 0 Å². The number of nitriles is 1. The summed E-state index contributed by atoms with van der Waals surface area (Å²) >= 11 is 0. The van der Waals surface area contributed by atoms with Gasteiger partial charge >= 0.3 is 0 Å². The van der Waals surface area contributed by atoms with Gasteiger partial charge in [0.1, 0.15) is 0 Å². The highest BCUT2D eigenvalue weighted by Crippen LogP contribution is 2.24. The molecule has 0 spiro atoms. The lowest BCUT2D eigenvalue weighted by Gasteiger charge is -2.31. The van der Waals surface area contributed by atoms with Crippen LogP contribution in [0, 0.1) is 11.3 Å². The first kappa shape index (κ1) is 16.9. The molecule has 0 saturated heterocycles. The predicted octanol–water partition coefficient (Wildman–Crippen LogP) is 2.72. The summed E-state index contributed by atoms with van der Waals surface area (Å²) in [5.74, 6) is 0. The molecule has 0 bridgehead atoms. The standard InChI is InChI=1S/C16H23N3O2S/c1-13(15-10-8-14(12-17)9-11-15)18-22(20,21)19(2)16-6-4-3-5-7-16/h8-11,13,16,18H,3-7H2,1-2H3/t13-/m0/s1. The van der Waals surface area contributed by atoms with E-state index in [1.54, 1.807) is 31.3 Å². The Labute approximate surface area is 133 Å². The normalized spacial score (nSPS) is 18.1. The van der Waals surface area contributed by atoms with Gasteiger partial charge in [-0.15, -0.1) is 0 Å². The maximum absolute atomic E-state index is 12.5. The topological polar surface area (TPSA) is 73.2 Å². The second-order valence-electron chi connectivity index (χ2n) is 5.89. The van der Waals surface area contributed by atoms with Gasteiger partial charge in [-0.2, -0.15) is 22.7 Å². The second kappa shape index (κ2) is 7.23. The molecular formula is C16H23N3O2S. The Bertz CT molecular complexity index is 628. The lowest BCUT2D eigenvalue weighted by Crippen LogP contribution is -2.45. The van der Waals surface area contributed by atoms with Crippen molar-refractivity contribution in [2.45, 2.75) is 51.1 Å². The van der Waals surface area contributed by atoms with Crippen LogP contribution in [0.25, 0.3) is 0 Å². The molecular weight excluding hydrogens is 298 g/mol. The zero-order valence-corrected chi connectivity index (χ0v) is 13.9. The summed E-state index contributed by atoms with van der Waals surface area (Å²) in [7, 11) is -1.85. The number of nitrogens with one attached hydrogen (secondary N) is 1. The van der Waals surface area contributed by atoms with E-state index in [0.717, 1.165) is 31.2 Å². The lowest BCUT2D eigenvalue weighted by atomic mass is 9.96. The Hall–Kier alpha value is -1.42. The molecule has 120 valence electrons. The van der Waals surface area contributed by atoms with Crippen LogP contribution in [0.1, 0.15) is 56.2 Å². The SMILES string of the molecule is C[C@H](NS(=O)(=O)N(C)C1CCCCC1)c1ccc(C#N)cc1. The lowest BCUT2D eigenvalue weighted by molar-refractivity contribution is 0.281. The number of nitrogens with zero attached hydrogens (tertiary/aromatic N) is 2. The zero-order valence-electron chi connectivity index (χ0n) is 13.1. The van der Waals surface area contributed by atoms with Crippen molar-refractivity contribution < 1.29 is 8.42 Å². The monoisotopic (exact) mass is 321 g/mol. The van der Waals surface area contributed by atoms with Crippen LogP contribution in [0.2, 0.25) is 0 Å². The van der Waals surface area contributed by atoms with E-state index in [1.807, 2.05) is 6.92 Å². The molecule has 1 aromatic carbocycles. The first-order chi connectivity index (χ1) is 10.4. The number of rotatable bonds is 5. The van der Waals surface area contributed by atoms with Crippen LogP contribution >= 0.6 is 0 Å². The average molecular weight is 321 g/mol. The van der Waals surface area contributed by atoms with Crippen molar-refractivity contribution >= 4 is 10.2 Å². The third-order valence-corrected chi connectivity index (χ3v) is 6.04. The highest BCUT2D eigenvalue weighted by Gasteiger charge is 2.28. The zero-order chi connectivity index (χ0) is 16.2. The predicted molar refractivity (Wildman–Crippen MR) is 86.3 cm³/mol. The van der Waals surface area contributed by atoms with Crippen LogP contribution in [0.4, 0.5) is 0 Å². The Balaban J connectivity index is 2.04. The minimum atomic E-state index is -3.50. The van der Waals surface area contributed by atoms with Crippen molar-refractivity contribution in [1.82, 2.24) is 9.03 Å². The Morgan fingerprint density at radius 1 is 1.23 bits per heavy atom. The third kappa shape index (κ3) is 4.07. The van der Waals surface area contributed by atoms with E-state index in [4.69, 9.17) is 5.26 Å². The summed E-state index contributed by atoms with van der Waals surface area (Å²) in [5.41, 5.74) is 1.41. The van der Waals surface area contributed by atoms with Gasteiger partial charge in [-0.1, -0.05) is 31.4 Å². The van der Waals surface area contributed by atoms with Crippen molar-refractivity contribution in [2.24, 2.45) is 0 Å². The van der Waals surface area contributed by atoms with Crippen LogP contribution < -0.4 is 4.72 Å². The summed E-state index contributed by atoms with van der Waals surface area (Å²) in [6, 6.07) is 8.79. The molecule has 1 fully saturated rings. The molecule has 0 heterocycles. The molecule has 6 heteroatoms. The first-order valence-corrected chi connectivity index (χ1v) is 9.13. The number of benzene rings is 1. The maximum Gasteiger partial charge on any atom is 0.279 e. The number of hydrogen-bond donors (Lipinski definition) is 1. The fourth-order valence-electron chi connectivity index (χ4n) is 2.86. The first-order valence-electron chi connectivity index (χ1n) is 7.69. The van der Waals surface area contributed by atoms with Gasteiger partial charge in [-0.3, -0.25) is 0 Å². The van der Waals surface area contributed by atoms with E-state index < -0.39 is 10.2 Å². The van der Waals surface area contributed by atoms with Crippen molar-refractivity contribution in [3.05, 3.63) is 35.4 Å². The highest BCUT2D eigenvalue weighted by atomic mass is 32.2. The van der Waals surface area contributed by atoms with Crippen LogP contribution in [0.15, 0.2) is 24.3 Å². The second-order valence-corrected chi connectivity index (χ2v) is 7.65. The quantitative estimate of drug-likeness (QED) is 0.906. The van der Waals surface area contributed by atoms with Crippen LogP contribution in [0.3, 0.4) is 0 Å². The van der Waals surface area contributed by atoms with Gasteiger partial charge in [0.05, 0.1) is 11.6 Å². The molecule has 22 heavy (non-hydrogen) atoms. The van der Waals surface area contributed by atoms with E-state index in [9.17, 15) is 8.42 Å². The van der Waals surface area contributed by atoms with E-state index in [1.165, 1.54) is 10.7 Å². The van der Waals surface area contributed by atoms with Gasteiger partial charge in [-0.05, 0) is 37.5 Å². The smallest absolute Gasteiger partial charge is 0.195 e. The van der Waals surface area contributed by atoms with E-state index in [-0.39, 0.29) is 12.1 Å². The number of hydrogen-bond acceptors (Lipinski definition) is 3. The van der Waals surface area contributed by atoms with Crippen molar-refractivity contribution in [1.29, 1.82) is 5.26 Å². The third-order valence-electron chi connectivity index (χ3n) is 4.33. The van der Waals surface area contributed by atoms with Gasteiger partial charge < -0.3 is 0 Å². The molecule has 1 aromatic rings. The highest BCUT2D eigenvalue weighted by molar-refractivity contribution is 7.87. The van der Waals surface area contributed by atoms with E-state index in [2.05, 4.69) is 10.8 Å². The molecule has 1 aliphatic rings. The van der Waals surface area contributed by atoms with Crippen molar-refractivity contribution in [2.75, 3.05) is 7.05 Å². The molecule has 1 saturated carbocycles. The van der Waals surface area contributed by atoms with E-state index in [0.29, 0.717) is 5.56 Å².